The third-order valence-electron chi connectivity index (χ3n) is 5.01. The van der Waals surface area contributed by atoms with Crippen LogP contribution in [0.3, 0.4) is 0 Å². The Morgan fingerprint density at radius 1 is 1.36 bits per heavy atom. The van der Waals surface area contributed by atoms with E-state index in [0.29, 0.717) is 6.42 Å². The first-order valence-corrected chi connectivity index (χ1v) is 7.57. The summed E-state index contributed by atoms with van der Waals surface area (Å²) in [7, 11) is 0. The summed E-state index contributed by atoms with van der Waals surface area (Å²) in [4.78, 5) is 12.5. The standard InChI is InChI=1S/C19H24O3/c1-5-11-22-17(20)18(3)14(2)12-16(19(18,4)21)13-15-9-7-6-8-10-15/h5-10,12,16,21H,1,11,13H2,2-4H3/t16-,18+,19+/m0/s1. The fourth-order valence-electron chi connectivity index (χ4n) is 3.17. The minimum absolute atomic E-state index is 0.129. The molecule has 1 aromatic carbocycles. The summed E-state index contributed by atoms with van der Waals surface area (Å²) in [5.41, 5.74) is -0.228. The van der Waals surface area contributed by atoms with Crippen LogP contribution in [0, 0.1) is 11.3 Å². The van der Waals surface area contributed by atoms with Crippen molar-refractivity contribution in [1.82, 2.24) is 0 Å². The summed E-state index contributed by atoms with van der Waals surface area (Å²) in [5, 5.41) is 11.1. The van der Waals surface area contributed by atoms with E-state index in [1.54, 1.807) is 13.8 Å². The number of benzene rings is 1. The Morgan fingerprint density at radius 2 is 2.00 bits per heavy atom. The maximum atomic E-state index is 12.5. The van der Waals surface area contributed by atoms with Crippen molar-refractivity contribution < 1.29 is 14.6 Å². The molecule has 2 rings (SSSR count). The fourth-order valence-corrected chi connectivity index (χ4v) is 3.17. The van der Waals surface area contributed by atoms with Crippen molar-refractivity contribution in [2.75, 3.05) is 6.61 Å². The van der Waals surface area contributed by atoms with Crippen LogP contribution in [0.15, 0.2) is 54.6 Å². The van der Waals surface area contributed by atoms with Gasteiger partial charge in [0.25, 0.3) is 0 Å². The van der Waals surface area contributed by atoms with Gasteiger partial charge in [-0.1, -0.05) is 54.6 Å². The number of aliphatic hydroxyl groups is 1. The molecule has 3 heteroatoms. The molecule has 118 valence electrons. The van der Waals surface area contributed by atoms with E-state index in [2.05, 4.69) is 6.58 Å². The minimum atomic E-state index is -1.19. The second-order valence-electron chi connectivity index (χ2n) is 6.31. The number of esters is 1. The summed E-state index contributed by atoms with van der Waals surface area (Å²) >= 11 is 0. The first-order chi connectivity index (χ1) is 10.3. The lowest BCUT2D eigenvalue weighted by atomic mass is 9.69. The van der Waals surface area contributed by atoms with E-state index >= 15 is 0 Å². The van der Waals surface area contributed by atoms with Crippen molar-refractivity contribution in [2.45, 2.75) is 32.8 Å². The van der Waals surface area contributed by atoms with Crippen LogP contribution in [-0.4, -0.2) is 23.3 Å². The molecule has 1 aliphatic carbocycles. The second kappa shape index (κ2) is 6.09. The van der Waals surface area contributed by atoms with Crippen LogP contribution in [0.5, 0.6) is 0 Å². The van der Waals surface area contributed by atoms with Crippen LogP contribution in [0.25, 0.3) is 0 Å². The highest BCUT2D eigenvalue weighted by atomic mass is 16.5. The van der Waals surface area contributed by atoms with Gasteiger partial charge in [-0.15, -0.1) is 0 Å². The van der Waals surface area contributed by atoms with Gasteiger partial charge in [-0.2, -0.15) is 0 Å². The van der Waals surface area contributed by atoms with E-state index in [4.69, 9.17) is 4.74 Å². The normalized spacial score (nSPS) is 30.7. The monoisotopic (exact) mass is 300 g/mol. The molecular weight excluding hydrogens is 276 g/mol. The molecule has 0 saturated carbocycles. The highest BCUT2D eigenvalue weighted by molar-refractivity contribution is 5.83. The van der Waals surface area contributed by atoms with Crippen molar-refractivity contribution in [3.63, 3.8) is 0 Å². The number of rotatable bonds is 5. The summed E-state index contributed by atoms with van der Waals surface area (Å²) in [5.74, 6) is -0.530. The lowest BCUT2D eigenvalue weighted by molar-refractivity contribution is -0.166. The maximum Gasteiger partial charge on any atom is 0.319 e. The van der Waals surface area contributed by atoms with Crippen LogP contribution in [0.1, 0.15) is 26.3 Å². The quantitative estimate of drug-likeness (QED) is 0.670. The van der Waals surface area contributed by atoms with Gasteiger partial charge in [-0.3, -0.25) is 4.79 Å². The van der Waals surface area contributed by atoms with Crippen molar-refractivity contribution in [3.05, 3.63) is 60.2 Å². The van der Waals surface area contributed by atoms with Gasteiger partial charge >= 0.3 is 5.97 Å². The third-order valence-corrected chi connectivity index (χ3v) is 5.01. The van der Waals surface area contributed by atoms with Gasteiger partial charge in [0.2, 0.25) is 0 Å². The van der Waals surface area contributed by atoms with Crippen LogP contribution in [0.2, 0.25) is 0 Å². The Hall–Kier alpha value is -1.87. The van der Waals surface area contributed by atoms with Crippen LogP contribution in [-0.2, 0) is 16.0 Å². The smallest absolute Gasteiger partial charge is 0.319 e. The first-order valence-electron chi connectivity index (χ1n) is 7.57. The molecule has 1 aromatic rings. The van der Waals surface area contributed by atoms with Gasteiger partial charge in [-0.25, -0.2) is 0 Å². The number of carbonyl (C=O) groups excluding carboxylic acids is 1. The Balaban J connectivity index is 2.27. The van der Waals surface area contributed by atoms with Crippen LogP contribution in [0.4, 0.5) is 0 Å². The lowest BCUT2D eigenvalue weighted by Gasteiger charge is -2.39. The first kappa shape index (κ1) is 16.5. The van der Waals surface area contributed by atoms with E-state index in [1.165, 1.54) is 6.08 Å². The molecule has 1 N–H and O–H groups in total. The van der Waals surface area contributed by atoms with Gasteiger partial charge < -0.3 is 9.84 Å². The number of hydrogen-bond donors (Lipinski definition) is 1. The van der Waals surface area contributed by atoms with Gasteiger partial charge in [0, 0.05) is 5.92 Å². The Kier molecular flexibility index (Phi) is 4.57. The molecule has 1 aliphatic rings. The Labute approximate surface area is 132 Å². The molecule has 0 radical (unpaired) electrons. The summed E-state index contributed by atoms with van der Waals surface area (Å²) in [6.07, 6.45) is 4.23. The Morgan fingerprint density at radius 3 is 2.59 bits per heavy atom. The van der Waals surface area contributed by atoms with E-state index < -0.39 is 17.0 Å². The zero-order chi connectivity index (χ0) is 16.4. The molecular formula is C19H24O3. The highest BCUT2D eigenvalue weighted by Crippen LogP contribution is 2.51. The SMILES string of the molecule is C=CCOC(=O)[C@@]1(C)C(C)=C[C@@H](Cc2ccccc2)[C@@]1(C)O. The van der Waals surface area contributed by atoms with Crippen molar-refractivity contribution in [1.29, 1.82) is 0 Å². The largest absolute Gasteiger partial charge is 0.461 e. The van der Waals surface area contributed by atoms with Crippen LogP contribution < -0.4 is 0 Å². The van der Waals surface area contributed by atoms with E-state index in [1.807, 2.05) is 43.3 Å². The molecule has 3 nitrogen and oxygen atoms in total. The van der Waals surface area contributed by atoms with Crippen molar-refractivity contribution in [2.24, 2.45) is 11.3 Å². The van der Waals surface area contributed by atoms with E-state index in [0.717, 1.165) is 11.1 Å². The third kappa shape index (κ3) is 2.61. The van der Waals surface area contributed by atoms with Crippen LogP contribution >= 0.6 is 0 Å². The maximum absolute atomic E-state index is 12.5. The van der Waals surface area contributed by atoms with Gasteiger partial charge in [0.15, 0.2) is 0 Å². The van der Waals surface area contributed by atoms with Gasteiger partial charge in [-0.05, 0) is 32.8 Å². The topological polar surface area (TPSA) is 46.5 Å². The van der Waals surface area contributed by atoms with Crippen molar-refractivity contribution in [3.8, 4) is 0 Å². The van der Waals surface area contributed by atoms with Gasteiger partial charge in [0.05, 0.1) is 5.60 Å². The molecule has 0 unspecified atom stereocenters. The second-order valence-corrected chi connectivity index (χ2v) is 6.31. The molecule has 0 aliphatic heterocycles. The average molecular weight is 300 g/mol. The van der Waals surface area contributed by atoms with E-state index in [9.17, 15) is 9.90 Å². The summed E-state index contributed by atoms with van der Waals surface area (Å²) in [6.45, 7) is 9.08. The zero-order valence-corrected chi connectivity index (χ0v) is 13.5. The average Bonchev–Trinajstić information content (AvgIpc) is 2.67. The van der Waals surface area contributed by atoms with Gasteiger partial charge in [0.1, 0.15) is 12.0 Å². The molecule has 0 amide bonds. The predicted molar refractivity (Wildman–Crippen MR) is 87.3 cm³/mol. The number of hydrogen-bond acceptors (Lipinski definition) is 3. The predicted octanol–water partition coefficient (Wildman–Crippen LogP) is 3.29. The van der Waals surface area contributed by atoms with Crippen molar-refractivity contribution >= 4 is 5.97 Å². The molecule has 0 saturated heterocycles. The highest BCUT2D eigenvalue weighted by Gasteiger charge is 2.58. The molecule has 0 spiro atoms. The number of ether oxygens (including phenoxy) is 1. The lowest BCUT2D eigenvalue weighted by Crippen LogP contribution is -2.51. The number of carbonyl (C=O) groups is 1. The summed E-state index contributed by atoms with van der Waals surface area (Å²) < 4.78 is 5.22. The molecule has 0 bridgehead atoms. The zero-order valence-electron chi connectivity index (χ0n) is 13.5. The molecule has 22 heavy (non-hydrogen) atoms. The minimum Gasteiger partial charge on any atom is -0.461 e. The summed E-state index contributed by atoms with van der Waals surface area (Å²) in [6, 6.07) is 9.99. The molecule has 0 fully saturated rings. The van der Waals surface area contributed by atoms with E-state index in [-0.39, 0.29) is 12.5 Å². The molecule has 0 aromatic heterocycles. The molecule has 0 heterocycles. The Bertz CT molecular complexity index is 586. The molecule has 3 atom stereocenters. The fraction of sp³-hybridized carbons (Fsp3) is 0.421.